The third-order valence-electron chi connectivity index (χ3n) is 9.42. The van der Waals surface area contributed by atoms with E-state index < -0.39 is 80.9 Å². The summed E-state index contributed by atoms with van der Waals surface area (Å²) in [5, 5.41) is 8.14. The van der Waals surface area contributed by atoms with Crippen molar-refractivity contribution in [2.45, 2.75) is 143 Å². The highest BCUT2D eigenvalue weighted by atomic mass is 19.2. The molecule has 4 heterocycles. The van der Waals surface area contributed by atoms with Crippen molar-refractivity contribution < 1.29 is 73.1 Å². The summed E-state index contributed by atoms with van der Waals surface area (Å²) in [5.74, 6) is -17.0. The lowest BCUT2D eigenvalue weighted by atomic mass is 10.1. The van der Waals surface area contributed by atoms with Gasteiger partial charge in [0.25, 0.3) is 11.8 Å². The van der Waals surface area contributed by atoms with Crippen LogP contribution in [0.5, 0.6) is 0 Å². The van der Waals surface area contributed by atoms with Gasteiger partial charge in [-0.2, -0.15) is 0 Å². The summed E-state index contributed by atoms with van der Waals surface area (Å²) in [4.78, 5) is 24.0. The van der Waals surface area contributed by atoms with E-state index in [4.69, 9.17) is 34.0 Å². The van der Waals surface area contributed by atoms with Crippen LogP contribution in [0.1, 0.15) is 139 Å². The van der Waals surface area contributed by atoms with Crippen LogP contribution < -0.4 is 16.0 Å². The van der Waals surface area contributed by atoms with Gasteiger partial charge in [0.15, 0.2) is 59.1 Å². The zero-order valence-electron chi connectivity index (χ0n) is 40.8. The molecule has 4 aliphatic rings. The molecule has 4 unspecified atom stereocenters. The summed E-state index contributed by atoms with van der Waals surface area (Å²) >= 11 is 0. The molecule has 2 aromatic rings. The fourth-order valence-electron chi connectivity index (χ4n) is 5.85. The molecule has 0 saturated carbocycles. The molecule has 0 aromatic heterocycles. The second kappa shape index (κ2) is 38.6. The molecule has 0 bridgehead atoms. The molecule has 2 amide bonds. The summed E-state index contributed by atoms with van der Waals surface area (Å²) in [5.41, 5.74) is 2.86. The van der Waals surface area contributed by atoms with Gasteiger partial charge >= 0.3 is 0 Å². The first-order valence-corrected chi connectivity index (χ1v) is 22.5. The number of hydrogen-bond acceptors (Lipinski definition) is 10. The lowest BCUT2D eigenvalue weighted by Crippen LogP contribution is -2.23. The van der Waals surface area contributed by atoms with Crippen molar-refractivity contribution >= 4 is 23.2 Å². The number of carbonyl (C=O) groups is 2. The summed E-state index contributed by atoms with van der Waals surface area (Å²) in [6.45, 7) is 16.0. The summed E-state index contributed by atoms with van der Waals surface area (Å²) < 4.78 is 137. The van der Waals surface area contributed by atoms with Gasteiger partial charge in [0.1, 0.15) is 22.5 Å². The van der Waals surface area contributed by atoms with E-state index in [1.54, 1.807) is 14.2 Å². The van der Waals surface area contributed by atoms with Gasteiger partial charge in [-0.15, -0.1) is 0 Å². The second-order valence-electron chi connectivity index (χ2n) is 14.0. The third-order valence-corrected chi connectivity index (χ3v) is 9.42. The molecule has 4 aliphatic heterocycles. The van der Waals surface area contributed by atoms with E-state index in [1.807, 2.05) is 48.6 Å². The van der Waals surface area contributed by atoms with Gasteiger partial charge in [-0.05, 0) is 96.4 Å². The van der Waals surface area contributed by atoms with Gasteiger partial charge in [0.05, 0.1) is 12.2 Å². The topological polar surface area (TPSA) is 174 Å². The fraction of sp³-hybridized carbons (Fsp3) is 0.689. The molecule has 4 fully saturated rings. The lowest BCUT2D eigenvalue weighted by molar-refractivity contribution is -0.145. The van der Waals surface area contributed by atoms with Gasteiger partial charge in [-0.25, -0.2) is 35.1 Å². The largest absolute Gasteiger partial charge is 0.383 e. The van der Waals surface area contributed by atoms with E-state index in [0.29, 0.717) is 12.2 Å². The van der Waals surface area contributed by atoms with Crippen LogP contribution >= 0.6 is 0 Å². The summed E-state index contributed by atoms with van der Waals surface area (Å²) in [6.07, 6.45) is 16.1. The molecule has 0 aliphatic carbocycles. The van der Waals surface area contributed by atoms with Crippen LogP contribution in [-0.2, 0) is 28.4 Å². The van der Waals surface area contributed by atoms with Crippen molar-refractivity contribution in [3.63, 3.8) is 0 Å². The Balaban J connectivity index is 0. The van der Waals surface area contributed by atoms with E-state index in [1.165, 1.54) is 64.2 Å². The summed E-state index contributed by atoms with van der Waals surface area (Å²) in [7, 11) is 6.59. The van der Waals surface area contributed by atoms with E-state index in [-0.39, 0.29) is 12.6 Å². The minimum absolute atomic E-state index is 0.0868. The Morgan fingerprint density at radius 2 is 0.851 bits per heavy atom. The number of ether oxygens (including phenoxy) is 6. The number of hydrogen-bond donors (Lipinski definition) is 3. The Morgan fingerprint density at radius 1 is 0.537 bits per heavy atom. The van der Waals surface area contributed by atoms with Crippen molar-refractivity contribution in [1.82, 2.24) is 10.6 Å². The Kier molecular flexibility index (Phi) is 37.3. The number of amides is 2. The van der Waals surface area contributed by atoms with Crippen LogP contribution in [0.25, 0.3) is 10.4 Å². The maximum Gasteiger partial charge on any atom is 0.257 e. The average molecular weight is 977 g/mol. The summed E-state index contributed by atoms with van der Waals surface area (Å²) in [6, 6.07) is 0. The van der Waals surface area contributed by atoms with Gasteiger partial charge < -0.3 is 44.4 Å². The van der Waals surface area contributed by atoms with Crippen molar-refractivity contribution in [1.29, 1.82) is 0 Å². The number of nitrogens with zero attached hydrogens (tertiary/aromatic N) is 3. The molecule has 14 nitrogen and oxygen atoms in total. The zero-order chi connectivity index (χ0) is 51.5. The highest BCUT2D eigenvalue weighted by Gasteiger charge is 2.29. The Hall–Kier alpha value is -4.31. The zero-order valence-corrected chi connectivity index (χ0v) is 40.8. The molecule has 6 rings (SSSR count). The maximum absolute atomic E-state index is 13.2. The van der Waals surface area contributed by atoms with E-state index in [9.17, 15) is 44.7 Å². The van der Waals surface area contributed by atoms with Crippen LogP contribution in [0.3, 0.4) is 0 Å². The molecule has 22 heteroatoms. The van der Waals surface area contributed by atoms with Crippen LogP contribution in [0.4, 0.5) is 46.5 Å². The van der Waals surface area contributed by atoms with Crippen molar-refractivity contribution in [3.05, 3.63) is 68.1 Å². The first-order valence-electron chi connectivity index (χ1n) is 22.5. The number of rotatable bonds is 6. The molecule has 0 radical (unpaired) electrons. The first kappa shape index (κ1) is 64.8. The molecular formula is C45H72F8N6O8. The van der Waals surface area contributed by atoms with Gasteiger partial charge in [-0.1, -0.05) is 32.8 Å². The lowest BCUT2D eigenvalue weighted by Gasteiger charge is -2.20. The SMILES string of the molecule is CC.CC.CC1CCCCO1.CC1CCCCO1.CNC(=O)c1c(F)c(F)c(N=[N+]=[N-])c(F)c1F.CNC(=O)c1c(F)c(F)c(NC)c(F)c1F.COC1CCCCO1.COC1CCCCO1. The maximum atomic E-state index is 13.2. The third kappa shape index (κ3) is 23.5. The number of carbonyl (C=O) groups excluding carboxylic acids is 2. The van der Waals surface area contributed by atoms with Crippen molar-refractivity contribution in [3.8, 4) is 0 Å². The first-order chi connectivity index (χ1) is 32.1. The average Bonchev–Trinajstić information content (AvgIpc) is 3.37. The van der Waals surface area contributed by atoms with E-state index >= 15 is 0 Å². The molecule has 3 N–H and O–H groups in total. The Morgan fingerprint density at radius 3 is 1.04 bits per heavy atom. The van der Waals surface area contributed by atoms with Crippen LogP contribution in [0.15, 0.2) is 5.11 Å². The Labute approximate surface area is 390 Å². The number of methoxy groups -OCH3 is 2. The molecule has 4 saturated heterocycles. The minimum Gasteiger partial charge on any atom is -0.383 e. The monoisotopic (exact) mass is 977 g/mol. The normalized spacial score (nSPS) is 19.2. The fourth-order valence-corrected chi connectivity index (χ4v) is 5.85. The minimum atomic E-state index is -1.93. The Bertz CT molecular complexity index is 1650. The molecule has 4 atom stereocenters. The second-order valence-corrected chi connectivity index (χ2v) is 14.0. The highest BCUT2D eigenvalue weighted by molar-refractivity contribution is 5.95. The van der Waals surface area contributed by atoms with Gasteiger partial charge in [0.2, 0.25) is 0 Å². The van der Waals surface area contributed by atoms with E-state index in [0.717, 1.165) is 60.4 Å². The van der Waals surface area contributed by atoms with Crippen LogP contribution in [-0.4, -0.2) is 98.4 Å². The van der Waals surface area contributed by atoms with Crippen molar-refractivity contribution in [2.24, 2.45) is 5.11 Å². The number of nitrogens with one attached hydrogen (secondary N) is 3. The van der Waals surface area contributed by atoms with Gasteiger partial charge in [0, 0.05) is 66.7 Å². The van der Waals surface area contributed by atoms with Crippen LogP contribution in [0, 0.1) is 46.5 Å². The van der Waals surface area contributed by atoms with Gasteiger partial charge in [-0.3, -0.25) is 9.59 Å². The quantitative estimate of drug-likeness (QED) is 0.0836. The van der Waals surface area contributed by atoms with E-state index in [2.05, 4.69) is 19.0 Å². The molecule has 386 valence electrons. The number of benzene rings is 2. The smallest absolute Gasteiger partial charge is 0.257 e. The highest BCUT2D eigenvalue weighted by Crippen LogP contribution is 2.31. The predicted octanol–water partition coefficient (Wildman–Crippen LogP) is 11.7. The standard InChI is InChI=1S/C9H8F4N2O.C8H4F4N4O.2C6H12O2.2C6H12O.2C2H6/c1-14-8-6(12)4(10)3(9(16)15-2)5(11)7(8)13;1-14-8(17)2-3(9)5(11)7(15-16-13)6(12)4(2)10;2*1-7-6-4-2-3-5-8-6;2*1-6-4-2-3-5-7-6;2*1-2/h14H,1-2H3,(H,15,16);1H3,(H,14,17);2*6H,2-5H2,1H3;2*6H,2-5H2,1H3;2*1-2H3. The molecule has 2 aromatic carbocycles. The number of halogens is 8. The number of azide groups is 1. The molecular weight excluding hydrogens is 905 g/mol. The molecule has 0 spiro atoms. The molecule has 67 heavy (non-hydrogen) atoms. The van der Waals surface area contributed by atoms with Crippen molar-refractivity contribution in [2.75, 3.05) is 67.1 Å². The number of anilines is 1. The predicted molar refractivity (Wildman–Crippen MR) is 240 cm³/mol. The van der Waals surface area contributed by atoms with Crippen LogP contribution in [0.2, 0.25) is 0 Å².